The molecule has 2 aromatic carbocycles. The first-order chi connectivity index (χ1) is 13.1. The number of halogens is 1. The zero-order valence-corrected chi connectivity index (χ0v) is 16.2. The number of piperazine rings is 1. The van der Waals surface area contributed by atoms with Crippen molar-refractivity contribution in [3.8, 4) is 0 Å². The second kappa shape index (κ2) is 7.61. The molecular formula is C21H23ClN4O. The topological polar surface area (TPSA) is 41.4 Å². The van der Waals surface area contributed by atoms with Crippen LogP contribution in [-0.4, -0.2) is 46.5 Å². The van der Waals surface area contributed by atoms with Gasteiger partial charge in [0.2, 0.25) is 5.91 Å². The second-order valence-corrected chi connectivity index (χ2v) is 7.33. The quantitative estimate of drug-likeness (QED) is 0.690. The van der Waals surface area contributed by atoms with E-state index in [0.717, 1.165) is 53.7 Å². The third-order valence-electron chi connectivity index (χ3n) is 5.20. The van der Waals surface area contributed by atoms with Gasteiger partial charge in [-0.15, -0.1) is 0 Å². The molecule has 4 rings (SSSR count). The van der Waals surface area contributed by atoms with Crippen LogP contribution in [0.1, 0.15) is 12.2 Å². The number of fused-ring (bicyclic) bond motifs is 1. The first-order valence-electron chi connectivity index (χ1n) is 9.32. The van der Waals surface area contributed by atoms with E-state index in [0.29, 0.717) is 13.0 Å². The molecule has 0 N–H and O–H groups in total. The van der Waals surface area contributed by atoms with Gasteiger partial charge in [-0.3, -0.25) is 4.79 Å². The van der Waals surface area contributed by atoms with Gasteiger partial charge in [0.25, 0.3) is 0 Å². The predicted molar refractivity (Wildman–Crippen MR) is 109 cm³/mol. The van der Waals surface area contributed by atoms with Crippen LogP contribution >= 0.6 is 11.6 Å². The summed E-state index contributed by atoms with van der Waals surface area (Å²) in [6.07, 6.45) is 0.498. The number of anilines is 1. The van der Waals surface area contributed by atoms with Crippen LogP contribution in [0.2, 0.25) is 5.02 Å². The summed E-state index contributed by atoms with van der Waals surface area (Å²) in [5.41, 5.74) is 3.20. The van der Waals surface area contributed by atoms with Crippen molar-refractivity contribution in [2.24, 2.45) is 0 Å². The number of carbonyl (C=O) groups excluding carboxylic acids is 1. The van der Waals surface area contributed by atoms with E-state index < -0.39 is 0 Å². The molecular weight excluding hydrogens is 360 g/mol. The third kappa shape index (κ3) is 3.78. The molecule has 1 aliphatic heterocycles. The molecule has 0 unspecified atom stereocenters. The summed E-state index contributed by atoms with van der Waals surface area (Å²) in [6.45, 7) is 5.82. The highest BCUT2D eigenvalue weighted by molar-refractivity contribution is 6.30. The summed E-state index contributed by atoms with van der Waals surface area (Å²) in [5.74, 6) is 1.16. The van der Waals surface area contributed by atoms with E-state index in [2.05, 4.69) is 26.6 Å². The summed E-state index contributed by atoms with van der Waals surface area (Å²) in [4.78, 5) is 21.5. The summed E-state index contributed by atoms with van der Waals surface area (Å²) < 4.78 is 2.13. The van der Waals surface area contributed by atoms with Gasteiger partial charge in [-0.2, -0.15) is 0 Å². The number of amides is 1. The molecule has 0 spiro atoms. The molecule has 1 aliphatic rings. The zero-order chi connectivity index (χ0) is 18.8. The van der Waals surface area contributed by atoms with Crippen LogP contribution in [0.5, 0.6) is 0 Å². The van der Waals surface area contributed by atoms with Gasteiger partial charge in [0.1, 0.15) is 5.82 Å². The minimum Gasteiger partial charge on any atom is -0.368 e. The Morgan fingerprint density at radius 1 is 1.07 bits per heavy atom. The van der Waals surface area contributed by atoms with E-state index in [-0.39, 0.29) is 5.91 Å². The first-order valence-corrected chi connectivity index (χ1v) is 9.70. The fourth-order valence-corrected chi connectivity index (χ4v) is 3.92. The lowest BCUT2D eigenvalue weighted by atomic mass is 10.2. The van der Waals surface area contributed by atoms with Crippen LogP contribution in [0.4, 0.5) is 5.69 Å². The van der Waals surface area contributed by atoms with E-state index in [9.17, 15) is 4.79 Å². The number of hydrogen-bond donors (Lipinski definition) is 0. The molecule has 27 heavy (non-hydrogen) atoms. The standard InChI is InChI=1S/C21H23ClN4O/c1-16-23-19-7-2-3-8-20(19)26(16)10-9-21(27)25-13-11-24(12-14-25)18-6-4-5-17(22)15-18/h2-8,15H,9-14H2,1H3. The predicted octanol–water partition coefficient (Wildman–Crippen LogP) is 3.74. The van der Waals surface area contributed by atoms with E-state index in [1.165, 1.54) is 0 Å². The van der Waals surface area contributed by atoms with Gasteiger partial charge in [0.05, 0.1) is 11.0 Å². The molecule has 0 saturated carbocycles. The van der Waals surface area contributed by atoms with Gasteiger partial charge in [-0.05, 0) is 37.3 Å². The van der Waals surface area contributed by atoms with Gasteiger partial charge in [-0.25, -0.2) is 4.98 Å². The van der Waals surface area contributed by atoms with Crippen molar-refractivity contribution in [2.45, 2.75) is 19.9 Å². The number of aryl methyl sites for hydroxylation is 2. The lowest BCUT2D eigenvalue weighted by Crippen LogP contribution is -2.49. The van der Waals surface area contributed by atoms with Crippen LogP contribution in [0.3, 0.4) is 0 Å². The minimum absolute atomic E-state index is 0.206. The average Bonchev–Trinajstić information content (AvgIpc) is 3.01. The maximum atomic E-state index is 12.7. The summed E-state index contributed by atoms with van der Waals surface area (Å²) >= 11 is 6.09. The van der Waals surface area contributed by atoms with Crippen LogP contribution in [0, 0.1) is 6.92 Å². The normalized spacial score (nSPS) is 14.7. The van der Waals surface area contributed by atoms with Crippen LogP contribution in [0.15, 0.2) is 48.5 Å². The van der Waals surface area contributed by atoms with E-state index in [4.69, 9.17) is 11.6 Å². The Hall–Kier alpha value is -2.53. The molecule has 0 atom stereocenters. The Labute approximate surface area is 164 Å². The number of rotatable bonds is 4. The number of imidazole rings is 1. The Kier molecular flexibility index (Phi) is 5.03. The molecule has 140 valence electrons. The highest BCUT2D eigenvalue weighted by atomic mass is 35.5. The molecule has 1 fully saturated rings. The summed E-state index contributed by atoms with van der Waals surface area (Å²) in [5, 5.41) is 0.744. The van der Waals surface area contributed by atoms with E-state index in [1.807, 2.05) is 48.2 Å². The number of benzene rings is 2. The van der Waals surface area contributed by atoms with Crippen LogP contribution in [0.25, 0.3) is 11.0 Å². The smallest absolute Gasteiger partial charge is 0.224 e. The Balaban J connectivity index is 1.35. The van der Waals surface area contributed by atoms with Gasteiger partial charge in [-0.1, -0.05) is 29.8 Å². The lowest BCUT2D eigenvalue weighted by molar-refractivity contribution is -0.131. The highest BCUT2D eigenvalue weighted by Gasteiger charge is 2.21. The fourth-order valence-electron chi connectivity index (χ4n) is 3.73. The minimum atomic E-state index is 0.206. The first kappa shape index (κ1) is 17.9. The van der Waals surface area contributed by atoms with E-state index in [1.54, 1.807) is 0 Å². The van der Waals surface area contributed by atoms with Gasteiger partial charge < -0.3 is 14.4 Å². The molecule has 5 nitrogen and oxygen atoms in total. The lowest BCUT2D eigenvalue weighted by Gasteiger charge is -2.36. The van der Waals surface area contributed by atoms with Crippen molar-refractivity contribution in [1.82, 2.24) is 14.5 Å². The van der Waals surface area contributed by atoms with Crippen molar-refractivity contribution in [1.29, 1.82) is 0 Å². The van der Waals surface area contributed by atoms with Crippen LogP contribution < -0.4 is 4.90 Å². The number of aromatic nitrogens is 2. The van der Waals surface area contributed by atoms with Crippen molar-refractivity contribution in [3.05, 3.63) is 59.4 Å². The molecule has 2 heterocycles. The summed E-state index contributed by atoms with van der Waals surface area (Å²) in [6, 6.07) is 16.0. The van der Waals surface area contributed by atoms with Crippen molar-refractivity contribution < 1.29 is 4.79 Å². The zero-order valence-electron chi connectivity index (χ0n) is 15.4. The van der Waals surface area contributed by atoms with Gasteiger partial charge in [0, 0.05) is 49.9 Å². The highest BCUT2D eigenvalue weighted by Crippen LogP contribution is 2.21. The molecule has 0 aliphatic carbocycles. The number of nitrogens with zero attached hydrogens (tertiary/aromatic N) is 4. The van der Waals surface area contributed by atoms with Crippen molar-refractivity contribution in [2.75, 3.05) is 31.1 Å². The third-order valence-corrected chi connectivity index (χ3v) is 5.44. The van der Waals surface area contributed by atoms with Crippen molar-refractivity contribution in [3.63, 3.8) is 0 Å². The van der Waals surface area contributed by atoms with Gasteiger partial charge in [0.15, 0.2) is 0 Å². The van der Waals surface area contributed by atoms with Crippen LogP contribution in [-0.2, 0) is 11.3 Å². The average molecular weight is 383 g/mol. The summed E-state index contributed by atoms with van der Waals surface area (Å²) in [7, 11) is 0. The second-order valence-electron chi connectivity index (χ2n) is 6.90. The molecule has 1 saturated heterocycles. The molecule has 6 heteroatoms. The Bertz CT molecular complexity index is 960. The number of hydrogen-bond acceptors (Lipinski definition) is 3. The molecule has 3 aromatic rings. The monoisotopic (exact) mass is 382 g/mol. The maximum absolute atomic E-state index is 12.7. The largest absolute Gasteiger partial charge is 0.368 e. The number of para-hydroxylation sites is 2. The molecule has 0 radical (unpaired) electrons. The fraction of sp³-hybridized carbons (Fsp3) is 0.333. The Morgan fingerprint density at radius 2 is 1.85 bits per heavy atom. The molecule has 0 bridgehead atoms. The number of carbonyl (C=O) groups is 1. The Morgan fingerprint density at radius 3 is 2.63 bits per heavy atom. The molecule has 1 aromatic heterocycles. The van der Waals surface area contributed by atoms with Gasteiger partial charge >= 0.3 is 0 Å². The van der Waals surface area contributed by atoms with Crippen molar-refractivity contribution >= 4 is 34.2 Å². The SMILES string of the molecule is Cc1nc2ccccc2n1CCC(=O)N1CCN(c2cccc(Cl)c2)CC1. The molecule has 1 amide bonds. The maximum Gasteiger partial charge on any atom is 0.224 e. The van der Waals surface area contributed by atoms with E-state index >= 15 is 0 Å².